The molecule has 1 unspecified atom stereocenters. The first-order chi connectivity index (χ1) is 10.7. The Kier molecular flexibility index (Phi) is 2.86. The van der Waals surface area contributed by atoms with Crippen molar-refractivity contribution in [3.8, 4) is 11.5 Å². The van der Waals surface area contributed by atoms with Gasteiger partial charge in [-0.1, -0.05) is 36.4 Å². The molecule has 0 aromatic heterocycles. The van der Waals surface area contributed by atoms with Crippen molar-refractivity contribution in [1.29, 1.82) is 0 Å². The lowest BCUT2D eigenvalue weighted by molar-refractivity contribution is 0.116. The fourth-order valence-corrected chi connectivity index (χ4v) is 3.24. The van der Waals surface area contributed by atoms with E-state index in [1.54, 1.807) is 7.11 Å². The summed E-state index contributed by atoms with van der Waals surface area (Å²) in [4.78, 5) is 0. The summed E-state index contributed by atoms with van der Waals surface area (Å²) >= 11 is 0. The van der Waals surface area contributed by atoms with Crippen molar-refractivity contribution in [3.63, 3.8) is 0 Å². The molecule has 0 amide bonds. The van der Waals surface area contributed by atoms with Crippen LogP contribution in [0.3, 0.4) is 0 Å². The van der Waals surface area contributed by atoms with Gasteiger partial charge in [-0.05, 0) is 47.5 Å². The predicted octanol–water partition coefficient (Wildman–Crippen LogP) is 4.70. The van der Waals surface area contributed by atoms with Crippen molar-refractivity contribution in [2.75, 3.05) is 7.11 Å². The van der Waals surface area contributed by atoms with Gasteiger partial charge in [-0.25, -0.2) is 0 Å². The molecule has 2 nitrogen and oxygen atoms in total. The largest absolute Gasteiger partial charge is 0.497 e. The third kappa shape index (κ3) is 2.03. The van der Waals surface area contributed by atoms with Crippen LogP contribution in [0.5, 0.6) is 11.5 Å². The van der Waals surface area contributed by atoms with Gasteiger partial charge in [-0.3, -0.25) is 0 Å². The minimum atomic E-state index is -0.321. The topological polar surface area (TPSA) is 18.5 Å². The summed E-state index contributed by atoms with van der Waals surface area (Å²) in [6.07, 6.45) is 0.859. The normalized spacial score (nSPS) is 19.7. The molecular formula is C20H18O2. The molecule has 4 rings (SSSR count). The zero-order chi connectivity index (χ0) is 15.2. The first-order valence-electron chi connectivity index (χ1n) is 7.53. The Balaban J connectivity index is 1.75. The van der Waals surface area contributed by atoms with Crippen LogP contribution in [-0.4, -0.2) is 7.11 Å². The van der Waals surface area contributed by atoms with E-state index in [-0.39, 0.29) is 5.60 Å². The molecule has 3 aromatic rings. The van der Waals surface area contributed by atoms with Crippen molar-refractivity contribution >= 4 is 10.8 Å². The van der Waals surface area contributed by atoms with Crippen LogP contribution in [0.25, 0.3) is 10.8 Å². The Morgan fingerprint density at radius 2 is 1.77 bits per heavy atom. The third-order valence-electron chi connectivity index (χ3n) is 4.49. The molecule has 0 N–H and O–H groups in total. The first kappa shape index (κ1) is 13.2. The van der Waals surface area contributed by atoms with Gasteiger partial charge in [0.1, 0.15) is 17.1 Å². The highest BCUT2D eigenvalue weighted by atomic mass is 16.5. The lowest BCUT2D eigenvalue weighted by Crippen LogP contribution is -2.26. The SMILES string of the molecule is COc1ccc2c(c1)CC(C)(c1ccc3ccccc3c1)O2. The van der Waals surface area contributed by atoms with E-state index in [1.165, 1.54) is 21.9 Å². The molecule has 1 aliphatic heterocycles. The van der Waals surface area contributed by atoms with E-state index in [0.717, 1.165) is 17.9 Å². The van der Waals surface area contributed by atoms with Gasteiger partial charge in [0.15, 0.2) is 0 Å². The number of methoxy groups -OCH3 is 1. The second-order valence-electron chi connectivity index (χ2n) is 6.05. The number of benzene rings is 3. The molecule has 22 heavy (non-hydrogen) atoms. The van der Waals surface area contributed by atoms with E-state index in [1.807, 2.05) is 12.1 Å². The van der Waals surface area contributed by atoms with Gasteiger partial charge in [0.25, 0.3) is 0 Å². The monoisotopic (exact) mass is 290 g/mol. The van der Waals surface area contributed by atoms with Crippen LogP contribution in [0.15, 0.2) is 60.7 Å². The summed E-state index contributed by atoms with van der Waals surface area (Å²) in [7, 11) is 1.69. The molecule has 110 valence electrons. The van der Waals surface area contributed by atoms with E-state index >= 15 is 0 Å². The average molecular weight is 290 g/mol. The Morgan fingerprint density at radius 1 is 0.955 bits per heavy atom. The number of hydrogen-bond donors (Lipinski definition) is 0. The van der Waals surface area contributed by atoms with Gasteiger partial charge in [0.2, 0.25) is 0 Å². The summed E-state index contributed by atoms with van der Waals surface area (Å²) in [6.45, 7) is 2.16. The van der Waals surface area contributed by atoms with E-state index in [2.05, 4.69) is 55.5 Å². The van der Waals surface area contributed by atoms with Gasteiger partial charge >= 0.3 is 0 Å². The van der Waals surface area contributed by atoms with Crippen LogP contribution < -0.4 is 9.47 Å². The summed E-state index contributed by atoms with van der Waals surface area (Å²) in [6, 6.07) is 21.0. The maximum Gasteiger partial charge on any atom is 0.135 e. The molecule has 3 aromatic carbocycles. The quantitative estimate of drug-likeness (QED) is 0.681. The first-order valence-corrected chi connectivity index (χ1v) is 7.53. The summed E-state index contributed by atoms with van der Waals surface area (Å²) in [5, 5.41) is 2.50. The predicted molar refractivity (Wildman–Crippen MR) is 88.6 cm³/mol. The summed E-state index contributed by atoms with van der Waals surface area (Å²) < 4.78 is 11.6. The molecule has 0 saturated carbocycles. The van der Waals surface area contributed by atoms with Crippen LogP contribution in [0.2, 0.25) is 0 Å². The van der Waals surface area contributed by atoms with Crippen LogP contribution >= 0.6 is 0 Å². The lowest BCUT2D eigenvalue weighted by atomic mass is 9.89. The maximum atomic E-state index is 6.27. The number of hydrogen-bond acceptors (Lipinski definition) is 2. The smallest absolute Gasteiger partial charge is 0.135 e. The third-order valence-corrected chi connectivity index (χ3v) is 4.49. The molecule has 0 aliphatic carbocycles. The molecule has 1 atom stereocenters. The second kappa shape index (κ2) is 4.77. The molecule has 1 aliphatic rings. The number of rotatable bonds is 2. The van der Waals surface area contributed by atoms with Gasteiger partial charge < -0.3 is 9.47 Å². The molecule has 0 radical (unpaired) electrons. The van der Waals surface area contributed by atoms with Crippen LogP contribution in [-0.2, 0) is 12.0 Å². The fourth-order valence-electron chi connectivity index (χ4n) is 3.24. The maximum absolute atomic E-state index is 6.27. The molecule has 0 saturated heterocycles. The van der Waals surface area contributed by atoms with E-state index in [9.17, 15) is 0 Å². The minimum absolute atomic E-state index is 0.321. The Bertz CT molecular complexity index is 853. The zero-order valence-corrected chi connectivity index (χ0v) is 12.8. The fraction of sp³-hybridized carbons (Fsp3) is 0.200. The summed E-state index contributed by atoms with van der Waals surface area (Å²) in [5.41, 5.74) is 2.09. The van der Waals surface area contributed by atoms with E-state index in [4.69, 9.17) is 9.47 Å². The second-order valence-corrected chi connectivity index (χ2v) is 6.05. The molecule has 2 heteroatoms. The Hall–Kier alpha value is -2.48. The van der Waals surface area contributed by atoms with Gasteiger partial charge in [0.05, 0.1) is 7.11 Å². The zero-order valence-electron chi connectivity index (χ0n) is 12.8. The molecule has 1 heterocycles. The Morgan fingerprint density at radius 3 is 2.59 bits per heavy atom. The van der Waals surface area contributed by atoms with Crippen molar-refractivity contribution in [2.45, 2.75) is 18.9 Å². The highest BCUT2D eigenvalue weighted by Gasteiger charge is 2.36. The van der Waals surface area contributed by atoms with E-state index < -0.39 is 0 Å². The van der Waals surface area contributed by atoms with Crippen molar-refractivity contribution in [2.24, 2.45) is 0 Å². The summed E-state index contributed by atoms with van der Waals surface area (Å²) in [5.74, 6) is 1.83. The van der Waals surface area contributed by atoms with Crippen LogP contribution in [0.4, 0.5) is 0 Å². The van der Waals surface area contributed by atoms with Crippen LogP contribution in [0.1, 0.15) is 18.1 Å². The molecule has 0 spiro atoms. The van der Waals surface area contributed by atoms with Crippen LogP contribution in [0, 0.1) is 0 Å². The van der Waals surface area contributed by atoms with Crippen molar-refractivity contribution in [3.05, 3.63) is 71.8 Å². The van der Waals surface area contributed by atoms with Gasteiger partial charge in [0, 0.05) is 12.0 Å². The van der Waals surface area contributed by atoms with Gasteiger partial charge in [-0.2, -0.15) is 0 Å². The highest BCUT2D eigenvalue weighted by Crippen LogP contribution is 2.43. The highest BCUT2D eigenvalue weighted by molar-refractivity contribution is 5.83. The number of fused-ring (bicyclic) bond motifs is 2. The Labute approximate surface area is 130 Å². The standard InChI is InChI=1S/C20H18O2/c1-20(13-16-12-18(21-2)9-10-19(16)22-20)17-8-7-14-5-3-4-6-15(14)11-17/h3-12H,13H2,1-2H3. The van der Waals surface area contributed by atoms with Crippen molar-refractivity contribution in [1.82, 2.24) is 0 Å². The van der Waals surface area contributed by atoms with Gasteiger partial charge in [-0.15, -0.1) is 0 Å². The lowest BCUT2D eigenvalue weighted by Gasteiger charge is -2.25. The average Bonchev–Trinajstić information content (AvgIpc) is 2.90. The molecule has 0 bridgehead atoms. The van der Waals surface area contributed by atoms with E-state index in [0.29, 0.717) is 0 Å². The molecule has 0 fully saturated rings. The molecular weight excluding hydrogens is 272 g/mol. The van der Waals surface area contributed by atoms with Crippen molar-refractivity contribution < 1.29 is 9.47 Å². The number of ether oxygens (including phenoxy) is 2. The minimum Gasteiger partial charge on any atom is -0.497 e.